The van der Waals surface area contributed by atoms with Crippen LogP contribution in [-0.4, -0.2) is 11.9 Å². The Morgan fingerprint density at radius 1 is 1.32 bits per heavy atom. The van der Waals surface area contributed by atoms with Crippen LogP contribution in [0.4, 0.5) is 5.69 Å². The Morgan fingerprint density at radius 2 is 2.05 bits per heavy atom. The van der Waals surface area contributed by atoms with Crippen molar-refractivity contribution < 1.29 is 4.79 Å². The van der Waals surface area contributed by atoms with E-state index in [1.165, 1.54) is 9.99 Å². The van der Waals surface area contributed by atoms with Crippen LogP contribution in [0.15, 0.2) is 18.2 Å². The molecule has 2 unspecified atom stereocenters. The lowest BCUT2D eigenvalue weighted by Gasteiger charge is -2.21. The van der Waals surface area contributed by atoms with Gasteiger partial charge in [-0.1, -0.05) is 19.3 Å². The summed E-state index contributed by atoms with van der Waals surface area (Å²) in [5, 5.41) is 3.04. The van der Waals surface area contributed by atoms with Crippen molar-refractivity contribution in [2.75, 3.05) is 5.32 Å². The Kier molecular flexibility index (Phi) is 5.21. The molecule has 1 aliphatic rings. The van der Waals surface area contributed by atoms with Crippen LogP contribution in [0.2, 0.25) is 0 Å². The number of anilines is 1. The average molecular weight is 372 g/mol. The molecule has 0 aliphatic heterocycles. The highest BCUT2D eigenvalue weighted by Gasteiger charge is 2.27. The van der Waals surface area contributed by atoms with Gasteiger partial charge in [-0.05, 0) is 66.1 Å². The predicted molar refractivity (Wildman–Crippen MR) is 87.1 cm³/mol. The number of aryl methyl sites for hydroxylation is 1. The minimum Gasteiger partial charge on any atom is -0.327 e. The molecule has 2 rings (SSSR count). The van der Waals surface area contributed by atoms with Gasteiger partial charge in [-0.2, -0.15) is 0 Å². The van der Waals surface area contributed by atoms with Crippen LogP contribution >= 0.6 is 22.6 Å². The summed E-state index contributed by atoms with van der Waals surface area (Å²) in [6, 6.07) is 6.06. The fraction of sp³-hybridized carbons (Fsp3) is 0.533. The van der Waals surface area contributed by atoms with Crippen molar-refractivity contribution >= 4 is 34.2 Å². The number of amides is 1. The van der Waals surface area contributed by atoms with E-state index < -0.39 is 0 Å². The topological polar surface area (TPSA) is 55.1 Å². The smallest absolute Gasteiger partial charge is 0.229 e. The first-order valence-corrected chi connectivity index (χ1v) is 7.98. The standard InChI is InChI=1S/C15H21IN2O/c1-10-9-11(16)7-8-14(10)18-15(19)12-5-3-2-4-6-13(12)17/h7-9,12-13H,2-6,17H2,1H3,(H,18,19). The van der Waals surface area contributed by atoms with Gasteiger partial charge < -0.3 is 11.1 Å². The highest BCUT2D eigenvalue weighted by molar-refractivity contribution is 14.1. The zero-order valence-corrected chi connectivity index (χ0v) is 13.4. The van der Waals surface area contributed by atoms with Gasteiger partial charge in [0.15, 0.2) is 0 Å². The largest absolute Gasteiger partial charge is 0.327 e. The first-order chi connectivity index (χ1) is 9.08. The van der Waals surface area contributed by atoms with E-state index in [4.69, 9.17) is 5.73 Å². The maximum Gasteiger partial charge on any atom is 0.229 e. The van der Waals surface area contributed by atoms with Crippen molar-refractivity contribution in [3.8, 4) is 0 Å². The number of rotatable bonds is 2. The normalized spacial score (nSPS) is 23.7. The van der Waals surface area contributed by atoms with Crippen molar-refractivity contribution in [1.82, 2.24) is 0 Å². The van der Waals surface area contributed by atoms with E-state index in [1.54, 1.807) is 0 Å². The van der Waals surface area contributed by atoms with Gasteiger partial charge in [0.2, 0.25) is 5.91 Å². The molecule has 0 heterocycles. The molecule has 1 saturated carbocycles. The molecule has 1 aliphatic carbocycles. The van der Waals surface area contributed by atoms with Crippen LogP contribution in [0.1, 0.15) is 37.7 Å². The average Bonchev–Trinajstić information content (AvgIpc) is 2.57. The Balaban J connectivity index is 2.07. The Hall–Kier alpha value is -0.620. The molecule has 1 fully saturated rings. The van der Waals surface area contributed by atoms with Crippen molar-refractivity contribution in [3.63, 3.8) is 0 Å². The molecule has 2 atom stereocenters. The molecule has 1 aromatic rings. The first kappa shape index (κ1) is 14.8. The third kappa shape index (κ3) is 3.92. The summed E-state index contributed by atoms with van der Waals surface area (Å²) < 4.78 is 1.18. The van der Waals surface area contributed by atoms with Gasteiger partial charge in [-0.3, -0.25) is 4.79 Å². The molecule has 19 heavy (non-hydrogen) atoms. The summed E-state index contributed by atoms with van der Waals surface area (Å²) in [5.74, 6) is 0.0416. The van der Waals surface area contributed by atoms with Crippen molar-refractivity contribution in [1.29, 1.82) is 0 Å². The summed E-state index contributed by atoms with van der Waals surface area (Å²) in [5.41, 5.74) is 8.14. The second-order valence-corrected chi connectivity index (χ2v) is 6.60. The van der Waals surface area contributed by atoms with Gasteiger partial charge in [-0.25, -0.2) is 0 Å². The number of nitrogens with one attached hydrogen (secondary N) is 1. The molecule has 0 aromatic heterocycles. The number of carbonyl (C=O) groups is 1. The summed E-state index contributed by atoms with van der Waals surface area (Å²) in [7, 11) is 0. The molecule has 4 heteroatoms. The molecular weight excluding hydrogens is 351 g/mol. The second kappa shape index (κ2) is 6.70. The van der Waals surface area contributed by atoms with E-state index >= 15 is 0 Å². The molecule has 3 nitrogen and oxygen atoms in total. The van der Waals surface area contributed by atoms with E-state index in [9.17, 15) is 4.79 Å². The number of benzene rings is 1. The molecule has 0 saturated heterocycles. The molecular formula is C15H21IN2O. The Bertz CT molecular complexity index is 461. The van der Waals surface area contributed by atoms with Crippen LogP contribution in [0.25, 0.3) is 0 Å². The highest BCUT2D eigenvalue weighted by atomic mass is 127. The number of carbonyl (C=O) groups excluding carboxylic acids is 1. The number of hydrogen-bond acceptors (Lipinski definition) is 2. The fourth-order valence-electron chi connectivity index (χ4n) is 2.65. The molecule has 104 valence electrons. The summed E-state index contributed by atoms with van der Waals surface area (Å²) >= 11 is 2.27. The van der Waals surface area contributed by atoms with E-state index in [0.29, 0.717) is 0 Å². The summed E-state index contributed by atoms with van der Waals surface area (Å²) in [4.78, 5) is 12.4. The van der Waals surface area contributed by atoms with Crippen LogP contribution in [-0.2, 0) is 4.79 Å². The minimum atomic E-state index is -0.0406. The van der Waals surface area contributed by atoms with Crippen LogP contribution in [0.5, 0.6) is 0 Å². The second-order valence-electron chi connectivity index (χ2n) is 5.36. The zero-order chi connectivity index (χ0) is 13.8. The van der Waals surface area contributed by atoms with Gasteiger partial charge in [0.05, 0.1) is 5.92 Å². The van der Waals surface area contributed by atoms with Crippen molar-refractivity contribution in [3.05, 3.63) is 27.3 Å². The van der Waals surface area contributed by atoms with Gasteiger partial charge in [0.25, 0.3) is 0 Å². The van der Waals surface area contributed by atoms with Crippen molar-refractivity contribution in [2.24, 2.45) is 11.7 Å². The summed E-state index contributed by atoms with van der Waals surface area (Å²) in [6.07, 6.45) is 5.32. The lowest BCUT2D eigenvalue weighted by atomic mass is 9.94. The van der Waals surface area contributed by atoms with Gasteiger partial charge >= 0.3 is 0 Å². The van der Waals surface area contributed by atoms with Gasteiger partial charge in [0.1, 0.15) is 0 Å². The van der Waals surface area contributed by atoms with E-state index in [0.717, 1.165) is 36.9 Å². The fourth-order valence-corrected chi connectivity index (χ4v) is 3.30. The molecule has 0 spiro atoms. The van der Waals surface area contributed by atoms with Gasteiger partial charge in [0, 0.05) is 15.3 Å². The zero-order valence-electron chi connectivity index (χ0n) is 11.3. The maximum absolute atomic E-state index is 12.4. The maximum atomic E-state index is 12.4. The first-order valence-electron chi connectivity index (χ1n) is 6.90. The third-order valence-electron chi connectivity index (χ3n) is 3.85. The van der Waals surface area contributed by atoms with E-state index in [2.05, 4.69) is 34.0 Å². The molecule has 1 aromatic carbocycles. The number of halogens is 1. The Morgan fingerprint density at radius 3 is 2.79 bits per heavy atom. The van der Waals surface area contributed by atoms with Crippen LogP contribution in [0, 0.1) is 16.4 Å². The SMILES string of the molecule is Cc1cc(I)ccc1NC(=O)C1CCCCCC1N. The molecule has 3 N–H and O–H groups in total. The molecule has 1 amide bonds. The summed E-state index contributed by atoms with van der Waals surface area (Å²) in [6.45, 7) is 2.02. The number of hydrogen-bond donors (Lipinski definition) is 2. The third-order valence-corrected chi connectivity index (χ3v) is 4.52. The monoisotopic (exact) mass is 372 g/mol. The minimum absolute atomic E-state index is 0.00616. The van der Waals surface area contributed by atoms with E-state index in [-0.39, 0.29) is 17.9 Å². The quantitative estimate of drug-likeness (QED) is 0.617. The van der Waals surface area contributed by atoms with Crippen LogP contribution in [0.3, 0.4) is 0 Å². The lowest BCUT2D eigenvalue weighted by molar-refractivity contribution is -0.120. The molecule has 0 bridgehead atoms. The van der Waals surface area contributed by atoms with E-state index in [1.807, 2.05) is 19.1 Å². The van der Waals surface area contributed by atoms with Crippen LogP contribution < -0.4 is 11.1 Å². The Labute approximate surface area is 128 Å². The number of nitrogens with two attached hydrogens (primary N) is 1. The lowest BCUT2D eigenvalue weighted by Crippen LogP contribution is -2.37. The molecule has 0 radical (unpaired) electrons. The highest BCUT2D eigenvalue weighted by Crippen LogP contribution is 2.25. The predicted octanol–water partition coefficient (Wildman–Crippen LogP) is 3.45. The van der Waals surface area contributed by atoms with Crippen molar-refractivity contribution in [2.45, 2.75) is 45.1 Å². The van der Waals surface area contributed by atoms with Gasteiger partial charge in [-0.15, -0.1) is 0 Å².